The van der Waals surface area contributed by atoms with Gasteiger partial charge in [-0.05, 0) is 36.3 Å². The summed E-state index contributed by atoms with van der Waals surface area (Å²) in [6, 6.07) is 6.22. The van der Waals surface area contributed by atoms with Gasteiger partial charge in [-0.2, -0.15) is 5.10 Å². The van der Waals surface area contributed by atoms with Gasteiger partial charge in [-0.1, -0.05) is 14.0 Å². The second-order valence-corrected chi connectivity index (χ2v) is 6.34. The number of hydrogen-bond acceptors (Lipinski definition) is 2. The first-order valence-electron chi connectivity index (χ1n) is 5.14. The first-order chi connectivity index (χ1) is 7.58. The third kappa shape index (κ3) is 2.10. The van der Waals surface area contributed by atoms with Crippen molar-refractivity contribution in [3.8, 4) is 11.1 Å². The van der Waals surface area contributed by atoms with Gasteiger partial charge < -0.3 is 5.73 Å². The number of benzene rings is 1. The SMILES string of the molecule is Cn1cc(-c2ccc(N)c(P(C)C)c2)cn1. The first-order valence-corrected chi connectivity index (χ1v) is 7.37. The van der Waals surface area contributed by atoms with Crippen LogP contribution in [0.25, 0.3) is 11.1 Å². The van der Waals surface area contributed by atoms with Crippen LogP contribution in [0.5, 0.6) is 0 Å². The van der Waals surface area contributed by atoms with Gasteiger partial charge in [-0.25, -0.2) is 0 Å². The number of nitrogen functional groups attached to an aromatic ring is 1. The fraction of sp³-hybridized carbons (Fsp3) is 0.250. The van der Waals surface area contributed by atoms with Crippen molar-refractivity contribution in [3.05, 3.63) is 30.6 Å². The van der Waals surface area contributed by atoms with Crippen LogP contribution < -0.4 is 11.0 Å². The van der Waals surface area contributed by atoms with Crippen molar-refractivity contribution < 1.29 is 0 Å². The summed E-state index contributed by atoms with van der Waals surface area (Å²) >= 11 is 0. The molecule has 1 aromatic heterocycles. The summed E-state index contributed by atoms with van der Waals surface area (Å²) < 4.78 is 1.81. The van der Waals surface area contributed by atoms with Gasteiger partial charge in [0.1, 0.15) is 0 Å². The standard InChI is InChI=1S/C12H16N3P/c1-15-8-10(7-14-15)9-4-5-11(13)12(6-9)16(2)3/h4-8H,13H2,1-3H3. The van der Waals surface area contributed by atoms with Crippen LogP contribution in [0.4, 0.5) is 5.69 Å². The van der Waals surface area contributed by atoms with Gasteiger partial charge in [0.05, 0.1) is 6.20 Å². The van der Waals surface area contributed by atoms with Crippen LogP contribution in [0.3, 0.4) is 0 Å². The average Bonchev–Trinajstić information content (AvgIpc) is 2.65. The van der Waals surface area contributed by atoms with E-state index in [-0.39, 0.29) is 7.92 Å². The third-order valence-electron chi connectivity index (χ3n) is 2.55. The molecule has 0 aliphatic heterocycles. The molecule has 16 heavy (non-hydrogen) atoms. The lowest BCUT2D eigenvalue weighted by atomic mass is 10.1. The molecular formula is C12H16N3P. The molecule has 0 unspecified atom stereocenters. The van der Waals surface area contributed by atoms with E-state index in [4.69, 9.17) is 5.73 Å². The molecular weight excluding hydrogens is 217 g/mol. The molecule has 0 bridgehead atoms. The van der Waals surface area contributed by atoms with Crippen LogP contribution in [0.2, 0.25) is 0 Å². The Bertz CT molecular complexity index is 503. The van der Waals surface area contributed by atoms with Crippen molar-refractivity contribution in [2.24, 2.45) is 7.05 Å². The molecule has 1 heterocycles. The summed E-state index contributed by atoms with van der Waals surface area (Å²) in [7, 11) is 1.76. The lowest BCUT2D eigenvalue weighted by Crippen LogP contribution is -2.07. The van der Waals surface area contributed by atoms with Crippen molar-refractivity contribution in [1.29, 1.82) is 0 Å². The Morgan fingerprint density at radius 3 is 2.56 bits per heavy atom. The number of aromatic nitrogens is 2. The third-order valence-corrected chi connectivity index (χ3v) is 3.90. The molecule has 0 aliphatic rings. The Labute approximate surface area is 97.0 Å². The predicted octanol–water partition coefficient (Wildman–Crippen LogP) is 2.04. The van der Waals surface area contributed by atoms with E-state index in [0.717, 1.165) is 11.3 Å². The fourth-order valence-electron chi connectivity index (χ4n) is 1.68. The van der Waals surface area contributed by atoms with E-state index in [0.29, 0.717) is 0 Å². The summed E-state index contributed by atoms with van der Waals surface area (Å²) in [6.45, 7) is 4.43. The predicted molar refractivity (Wildman–Crippen MR) is 71.5 cm³/mol. The van der Waals surface area contributed by atoms with Crippen LogP contribution in [-0.4, -0.2) is 23.1 Å². The van der Waals surface area contributed by atoms with Gasteiger partial charge in [0, 0.05) is 24.5 Å². The minimum absolute atomic E-state index is 0.168. The maximum absolute atomic E-state index is 5.97. The highest BCUT2D eigenvalue weighted by Crippen LogP contribution is 2.30. The Morgan fingerprint density at radius 1 is 1.25 bits per heavy atom. The second-order valence-electron chi connectivity index (χ2n) is 4.07. The van der Waals surface area contributed by atoms with Gasteiger partial charge in [0.25, 0.3) is 0 Å². The summed E-state index contributed by atoms with van der Waals surface area (Å²) in [5.74, 6) is 0. The monoisotopic (exact) mass is 233 g/mol. The Morgan fingerprint density at radius 2 is 2.00 bits per heavy atom. The molecule has 0 fully saturated rings. The molecule has 2 aromatic rings. The Balaban J connectivity index is 2.47. The highest BCUT2D eigenvalue weighted by atomic mass is 31.1. The molecule has 0 saturated carbocycles. The van der Waals surface area contributed by atoms with Crippen molar-refractivity contribution in [1.82, 2.24) is 9.78 Å². The lowest BCUT2D eigenvalue weighted by Gasteiger charge is -2.11. The lowest BCUT2D eigenvalue weighted by molar-refractivity contribution is 0.768. The maximum Gasteiger partial charge on any atom is 0.0568 e. The minimum atomic E-state index is -0.168. The van der Waals surface area contributed by atoms with Crippen LogP contribution >= 0.6 is 7.92 Å². The molecule has 2 rings (SSSR count). The van der Waals surface area contributed by atoms with E-state index in [1.165, 1.54) is 10.9 Å². The van der Waals surface area contributed by atoms with Gasteiger partial charge >= 0.3 is 0 Å². The summed E-state index contributed by atoms with van der Waals surface area (Å²) in [6.07, 6.45) is 3.89. The zero-order valence-corrected chi connectivity index (χ0v) is 10.7. The number of anilines is 1. The number of aryl methyl sites for hydroxylation is 1. The maximum atomic E-state index is 5.97. The highest BCUT2D eigenvalue weighted by Gasteiger charge is 2.07. The largest absolute Gasteiger partial charge is 0.398 e. The first kappa shape index (κ1) is 11.2. The van der Waals surface area contributed by atoms with Gasteiger partial charge in [-0.15, -0.1) is 0 Å². The smallest absolute Gasteiger partial charge is 0.0568 e. The summed E-state index contributed by atoms with van der Waals surface area (Å²) in [5, 5.41) is 5.44. The quantitative estimate of drug-likeness (QED) is 0.637. The van der Waals surface area contributed by atoms with Crippen molar-refractivity contribution in [3.63, 3.8) is 0 Å². The van der Waals surface area contributed by atoms with Gasteiger partial charge in [-0.3, -0.25) is 4.68 Å². The van der Waals surface area contributed by atoms with Crippen LogP contribution in [0, 0.1) is 0 Å². The molecule has 1 aromatic carbocycles. The molecule has 0 atom stereocenters. The molecule has 3 nitrogen and oxygen atoms in total. The molecule has 0 spiro atoms. The van der Waals surface area contributed by atoms with E-state index in [1.54, 1.807) is 0 Å². The van der Waals surface area contributed by atoms with Crippen molar-refractivity contribution in [2.75, 3.05) is 19.1 Å². The van der Waals surface area contributed by atoms with Gasteiger partial charge in [0.2, 0.25) is 0 Å². The van der Waals surface area contributed by atoms with Crippen molar-refractivity contribution >= 4 is 18.9 Å². The molecule has 0 amide bonds. The van der Waals surface area contributed by atoms with Crippen molar-refractivity contribution in [2.45, 2.75) is 0 Å². The zero-order chi connectivity index (χ0) is 11.7. The molecule has 0 aliphatic carbocycles. The number of rotatable bonds is 2. The molecule has 2 N–H and O–H groups in total. The number of nitrogens with zero attached hydrogens (tertiary/aromatic N) is 2. The minimum Gasteiger partial charge on any atom is -0.398 e. The zero-order valence-electron chi connectivity index (χ0n) is 9.81. The Kier molecular flexibility index (Phi) is 2.97. The Hall–Kier alpha value is -1.34. The topological polar surface area (TPSA) is 43.8 Å². The van der Waals surface area contributed by atoms with E-state index < -0.39 is 0 Å². The molecule has 0 saturated heterocycles. The number of nitrogens with two attached hydrogens (primary N) is 1. The summed E-state index contributed by atoms with van der Waals surface area (Å²) in [4.78, 5) is 0. The van der Waals surface area contributed by atoms with E-state index in [9.17, 15) is 0 Å². The van der Waals surface area contributed by atoms with Gasteiger partial charge in [0.15, 0.2) is 0 Å². The van der Waals surface area contributed by atoms with E-state index in [2.05, 4.69) is 30.6 Å². The number of hydrogen-bond donors (Lipinski definition) is 1. The van der Waals surface area contributed by atoms with E-state index in [1.807, 2.05) is 30.2 Å². The molecule has 0 radical (unpaired) electrons. The highest BCUT2D eigenvalue weighted by molar-refractivity contribution is 7.64. The van der Waals surface area contributed by atoms with E-state index >= 15 is 0 Å². The fourth-order valence-corrected chi connectivity index (χ4v) is 2.67. The van der Waals surface area contributed by atoms with Crippen LogP contribution in [0.1, 0.15) is 0 Å². The molecule has 4 heteroatoms. The second kappa shape index (κ2) is 4.26. The average molecular weight is 233 g/mol. The normalized spacial score (nSPS) is 11.0. The van der Waals surface area contributed by atoms with Crippen LogP contribution in [0.15, 0.2) is 30.6 Å². The van der Waals surface area contributed by atoms with Crippen LogP contribution in [-0.2, 0) is 7.05 Å². The summed E-state index contributed by atoms with van der Waals surface area (Å²) in [5.41, 5.74) is 9.19. The molecule has 84 valence electrons.